The number of ketones is 1. The number of nitrogens with one attached hydrogen (secondary N) is 1. The lowest BCUT2D eigenvalue weighted by Crippen LogP contribution is -2.55. The average molecular weight is 689 g/mol. The number of aliphatic hydroxyl groups is 1. The Balaban J connectivity index is 2.80. The van der Waals surface area contributed by atoms with Crippen molar-refractivity contribution in [2.45, 2.75) is 134 Å². The van der Waals surface area contributed by atoms with Crippen molar-refractivity contribution >= 4 is 29.6 Å². The highest BCUT2D eigenvalue weighted by molar-refractivity contribution is 5.94. The second-order valence-electron chi connectivity index (χ2n) is 13.4. The number of unbranched alkanes of at least 4 members (excludes halogenated alkanes) is 10. The number of carbonyl (C=O) groups is 5. The zero-order valence-corrected chi connectivity index (χ0v) is 29.8. The van der Waals surface area contributed by atoms with Crippen molar-refractivity contribution < 1.29 is 44.4 Å². The van der Waals surface area contributed by atoms with E-state index in [0.717, 1.165) is 82.4 Å². The molecule has 0 aliphatic heterocycles. The van der Waals surface area contributed by atoms with Gasteiger partial charge in [0, 0.05) is 19.3 Å². The number of carboxylic acid groups (broad SMARTS) is 3. The first-order valence-electron chi connectivity index (χ1n) is 17.9. The van der Waals surface area contributed by atoms with Gasteiger partial charge in [-0.25, -0.2) is 9.59 Å². The number of aliphatic carboxylic acids is 3. The Morgan fingerprint density at radius 3 is 1.92 bits per heavy atom. The topological polar surface area (TPSA) is 182 Å². The van der Waals surface area contributed by atoms with Crippen LogP contribution in [0.2, 0.25) is 0 Å². The SMILES string of the molecule is CCCCCCCC(=O)CCCCCC/C=C/C(C(=O)N[C@@H](Cc1ccc(CCCCCN(C)C)cc1)C(=O)O)[C@@](O)(CC(=O)O)C(=O)O. The number of carboxylic acids is 3. The van der Waals surface area contributed by atoms with Crippen LogP contribution in [-0.4, -0.2) is 87.2 Å². The van der Waals surface area contributed by atoms with Crippen LogP contribution in [0.4, 0.5) is 0 Å². The largest absolute Gasteiger partial charge is 0.481 e. The lowest BCUT2D eigenvalue weighted by molar-refractivity contribution is -0.172. The second-order valence-corrected chi connectivity index (χ2v) is 13.4. The van der Waals surface area contributed by atoms with E-state index in [1.54, 1.807) is 12.1 Å². The standard InChI is InChI=1S/C38H60N2O9/c1-4-5-6-9-14-19-31(41)20-15-10-7-8-11-16-21-32(38(49,37(47)48)28-34(42)43)35(44)39-33(36(45)46)27-30-24-22-29(23-25-30)18-13-12-17-26-40(2)3/h16,21-25,32-33,49H,4-15,17-20,26-28H2,1-3H3,(H,39,44)(H,42,43)(H,45,46)(H,47,48)/b21-16+/t32?,33-,38-/m0/s1. The van der Waals surface area contributed by atoms with E-state index < -0.39 is 47.8 Å². The summed E-state index contributed by atoms with van der Waals surface area (Å²) >= 11 is 0. The Bertz CT molecular complexity index is 1180. The summed E-state index contributed by atoms with van der Waals surface area (Å²) in [5, 5.41) is 42.3. The molecular weight excluding hydrogens is 628 g/mol. The molecule has 11 heteroatoms. The number of amides is 1. The van der Waals surface area contributed by atoms with Crippen LogP contribution in [0.1, 0.15) is 121 Å². The maximum absolute atomic E-state index is 13.4. The Morgan fingerprint density at radius 1 is 0.796 bits per heavy atom. The third kappa shape index (κ3) is 18.7. The van der Waals surface area contributed by atoms with Crippen molar-refractivity contribution in [2.75, 3.05) is 20.6 Å². The third-order valence-electron chi connectivity index (χ3n) is 8.70. The summed E-state index contributed by atoms with van der Waals surface area (Å²) in [6.07, 6.45) is 15.6. The molecule has 1 rings (SSSR count). The molecular formula is C38H60N2O9. The molecule has 11 nitrogen and oxygen atoms in total. The summed E-state index contributed by atoms with van der Waals surface area (Å²) in [6, 6.07) is 5.96. The smallest absolute Gasteiger partial charge is 0.337 e. The molecule has 49 heavy (non-hydrogen) atoms. The van der Waals surface area contributed by atoms with Crippen LogP contribution >= 0.6 is 0 Å². The maximum atomic E-state index is 13.4. The van der Waals surface area contributed by atoms with E-state index >= 15 is 0 Å². The first kappa shape index (κ1) is 43.5. The van der Waals surface area contributed by atoms with Gasteiger partial charge in [0.15, 0.2) is 5.60 Å². The van der Waals surface area contributed by atoms with E-state index in [4.69, 9.17) is 0 Å². The number of hydrogen-bond acceptors (Lipinski definition) is 7. The van der Waals surface area contributed by atoms with Gasteiger partial charge >= 0.3 is 17.9 Å². The number of nitrogens with zero attached hydrogens (tertiary/aromatic N) is 1. The molecule has 276 valence electrons. The van der Waals surface area contributed by atoms with Gasteiger partial charge in [0.25, 0.3) is 0 Å². The highest BCUT2D eigenvalue weighted by atomic mass is 16.4. The lowest BCUT2D eigenvalue weighted by atomic mass is 9.82. The van der Waals surface area contributed by atoms with Gasteiger partial charge in [0.2, 0.25) is 5.91 Å². The highest BCUT2D eigenvalue weighted by Gasteiger charge is 2.49. The fourth-order valence-electron chi connectivity index (χ4n) is 5.71. The van der Waals surface area contributed by atoms with Gasteiger partial charge in [-0.2, -0.15) is 0 Å². The summed E-state index contributed by atoms with van der Waals surface area (Å²) in [5.41, 5.74) is -1.25. The summed E-state index contributed by atoms with van der Waals surface area (Å²) in [6.45, 7) is 3.18. The molecule has 1 aromatic carbocycles. The van der Waals surface area contributed by atoms with Crippen LogP contribution in [0.5, 0.6) is 0 Å². The molecule has 0 aliphatic carbocycles. The molecule has 1 aromatic rings. The fourth-order valence-corrected chi connectivity index (χ4v) is 5.71. The molecule has 0 aromatic heterocycles. The zero-order chi connectivity index (χ0) is 36.7. The van der Waals surface area contributed by atoms with Crippen LogP contribution in [-0.2, 0) is 36.8 Å². The maximum Gasteiger partial charge on any atom is 0.337 e. The van der Waals surface area contributed by atoms with Gasteiger partial charge in [0.1, 0.15) is 11.8 Å². The van der Waals surface area contributed by atoms with Gasteiger partial charge in [-0.1, -0.05) is 88.3 Å². The predicted molar refractivity (Wildman–Crippen MR) is 189 cm³/mol. The van der Waals surface area contributed by atoms with Crippen LogP contribution in [0.15, 0.2) is 36.4 Å². The Morgan fingerprint density at radius 2 is 1.37 bits per heavy atom. The summed E-state index contributed by atoms with van der Waals surface area (Å²) in [4.78, 5) is 63.3. The molecule has 5 N–H and O–H groups in total. The number of hydrogen-bond donors (Lipinski definition) is 5. The summed E-state index contributed by atoms with van der Waals surface area (Å²) < 4.78 is 0. The van der Waals surface area contributed by atoms with E-state index in [1.165, 1.54) is 18.9 Å². The van der Waals surface area contributed by atoms with E-state index in [-0.39, 0.29) is 12.2 Å². The van der Waals surface area contributed by atoms with E-state index in [2.05, 4.69) is 17.1 Å². The first-order valence-corrected chi connectivity index (χ1v) is 17.9. The molecule has 0 aliphatic rings. The summed E-state index contributed by atoms with van der Waals surface area (Å²) in [7, 11) is 4.08. The minimum absolute atomic E-state index is 0.0909. The van der Waals surface area contributed by atoms with Gasteiger partial charge in [0.05, 0.1) is 12.3 Å². The normalized spacial score (nSPS) is 14.0. The van der Waals surface area contributed by atoms with E-state index in [0.29, 0.717) is 31.2 Å². The number of benzene rings is 1. The molecule has 3 atom stereocenters. The van der Waals surface area contributed by atoms with Gasteiger partial charge < -0.3 is 30.6 Å². The molecule has 1 amide bonds. The minimum atomic E-state index is -3.00. The van der Waals surface area contributed by atoms with E-state index in [1.807, 2.05) is 26.2 Å². The minimum Gasteiger partial charge on any atom is -0.481 e. The van der Waals surface area contributed by atoms with Crippen LogP contribution in [0.3, 0.4) is 0 Å². The van der Waals surface area contributed by atoms with Crippen molar-refractivity contribution in [1.82, 2.24) is 10.2 Å². The number of rotatable bonds is 29. The molecule has 0 radical (unpaired) electrons. The van der Waals surface area contributed by atoms with Gasteiger partial charge in [-0.05, 0) is 76.7 Å². The highest BCUT2D eigenvalue weighted by Crippen LogP contribution is 2.26. The number of Topliss-reactive ketones (excluding diaryl/α,β-unsaturated/α-hetero) is 1. The molecule has 0 bridgehead atoms. The third-order valence-corrected chi connectivity index (χ3v) is 8.70. The van der Waals surface area contributed by atoms with Crippen LogP contribution in [0.25, 0.3) is 0 Å². The quantitative estimate of drug-likeness (QED) is 0.0509. The Hall–Kier alpha value is -3.57. The van der Waals surface area contributed by atoms with Crippen molar-refractivity contribution in [2.24, 2.45) is 5.92 Å². The van der Waals surface area contributed by atoms with Crippen LogP contribution in [0, 0.1) is 5.92 Å². The molecule has 1 unspecified atom stereocenters. The monoisotopic (exact) mass is 688 g/mol. The van der Waals surface area contributed by atoms with Crippen molar-refractivity contribution in [3.8, 4) is 0 Å². The van der Waals surface area contributed by atoms with Gasteiger partial charge in [-0.3, -0.25) is 14.4 Å². The molecule has 0 saturated carbocycles. The lowest BCUT2D eigenvalue weighted by Gasteiger charge is -2.29. The Labute approximate surface area is 292 Å². The Kier molecular flexibility index (Phi) is 21.8. The molecule has 0 spiro atoms. The van der Waals surface area contributed by atoms with Crippen LogP contribution < -0.4 is 5.32 Å². The first-order chi connectivity index (χ1) is 23.3. The fraction of sp³-hybridized carbons (Fsp3) is 0.658. The summed E-state index contributed by atoms with van der Waals surface area (Å²) in [5.74, 6) is -7.56. The number of allylic oxidation sites excluding steroid dienone is 1. The van der Waals surface area contributed by atoms with Gasteiger partial charge in [-0.15, -0.1) is 0 Å². The van der Waals surface area contributed by atoms with Crippen molar-refractivity contribution in [3.63, 3.8) is 0 Å². The van der Waals surface area contributed by atoms with E-state index in [9.17, 15) is 44.4 Å². The average Bonchev–Trinajstić information content (AvgIpc) is 3.03. The molecule has 0 fully saturated rings. The zero-order valence-electron chi connectivity index (χ0n) is 29.8. The number of carbonyl (C=O) groups excluding carboxylic acids is 2. The predicted octanol–water partition coefficient (Wildman–Crippen LogP) is 5.81. The second kappa shape index (κ2) is 24.5. The van der Waals surface area contributed by atoms with Crippen molar-refractivity contribution in [1.29, 1.82) is 0 Å². The molecule has 0 heterocycles. The molecule has 0 saturated heterocycles. The number of aryl methyl sites for hydroxylation is 1. The van der Waals surface area contributed by atoms with Crippen molar-refractivity contribution in [3.05, 3.63) is 47.5 Å².